The maximum Gasteiger partial charge on any atom is 0.239 e. The normalized spacial score (nSPS) is 25.8. The summed E-state index contributed by atoms with van der Waals surface area (Å²) >= 11 is 1.84. The van der Waals surface area contributed by atoms with Gasteiger partial charge in [-0.3, -0.25) is 4.79 Å². The van der Waals surface area contributed by atoms with Gasteiger partial charge in [0.2, 0.25) is 5.91 Å². The van der Waals surface area contributed by atoms with E-state index in [1.807, 2.05) is 16.7 Å². The highest BCUT2D eigenvalue weighted by Gasteiger charge is 2.24. The van der Waals surface area contributed by atoms with Gasteiger partial charge in [0, 0.05) is 18.3 Å². The van der Waals surface area contributed by atoms with Gasteiger partial charge in [0.1, 0.15) is 0 Å². The van der Waals surface area contributed by atoms with Crippen LogP contribution in [0.4, 0.5) is 0 Å². The minimum Gasteiger partial charge on any atom is -0.340 e. The van der Waals surface area contributed by atoms with Crippen molar-refractivity contribution in [2.45, 2.75) is 31.1 Å². The Morgan fingerprint density at radius 1 is 1.69 bits per heavy atom. The molecule has 0 aromatic carbocycles. The number of amides is 1. The van der Waals surface area contributed by atoms with Crippen LogP contribution in [0, 0.1) is 0 Å². The van der Waals surface area contributed by atoms with Gasteiger partial charge in [0.25, 0.3) is 0 Å². The van der Waals surface area contributed by atoms with Gasteiger partial charge < -0.3 is 10.6 Å². The zero-order chi connectivity index (χ0) is 9.84. The molecule has 1 aliphatic rings. The molecule has 1 heterocycles. The Morgan fingerprint density at radius 3 is 2.92 bits per heavy atom. The number of thioether (sulfide) groups is 1. The van der Waals surface area contributed by atoms with Crippen LogP contribution < -0.4 is 5.73 Å². The molecular formula is C9H18N2OS. The molecule has 0 aromatic heterocycles. The van der Waals surface area contributed by atoms with E-state index in [0.717, 1.165) is 19.5 Å². The second-order valence-corrected chi connectivity index (χ2v) is 4.71. The van der Waals surface area contributed by atoms with E-state index in [0.29, 0.717) is 5.25 Å². The highest BCUT2D eigenvalue weighted by Crippen LogP contribution is 2.20. The lowest BCUT2D eigenvalue weighted by atomic mass is 10.1. The second kappa shape index (κ2) is 4.86. The summed E-state index contributed by atoms with van der Waals surface area (Å²) in [5, 5.41) is 0.608. The number of carbonyl (C=O) groups is 1. The number of hydrogen-bond donors (Lipinski definition) is 1. The SMILES string of the molecule is CSC1CCCN(C(=O)[C@H](C)N)C1. The minimum absolute atomic E-state index is 0.0961. The van der Waals surface area contributed by atoms with Crippen molar-refractivity contribution < 1.29 is 4.79 Å². The van der Waals surface area contributed by atoms with E-state index in [1.54, 1.807) is 6.92 Å². The van der Waals surface area contributed by atoms with Crippen molar-refractivity contribution in [1.82, 2.24) is 4.90 Å². The Balaban J connectivity index is 2.46. The summed E-state index contributed by atoms with van der Waals surface area (Å²) < 4.78 is 0. The molecule has 1 saturated heterocycles. The van der Waals surface area contributed by atoms with Crippen LogP contribution in [-0.4, -0.2) is 41.4 Å². The van der Waals surface area contributed by atoms with Crippen LogP contribution in [0.3, 0.4) is 0 Å². The topological polar surface area (TPSA) is 46.3 Å². The smallest absolute Gasteiger partial charge is 0.239 e. The molecule has 0 spiro atoms. The van der Waals surface area contributed by atoms with E-state index in [2.05, 4.69) is 6.26 Å². The van der Waals surface area contributed by atoms with Gasteiger partial charge in [-0.05, 0) is 26.0 Å². The Bertz CT molecular complexity index is 184. The highest BCUT2D eigenvalue weighted by atomic mass is 32.2. The largest absolute Gasteiger partial charge is 0.340 e. The molecule has 0 aromatic rings. The molecule has 2 N–H and O–H groups in total. The van der Waals surface area contributed by atoms with Crippen LogP contribution in [-0.2, 0) is 4.79 Å². The van der Waals surface area contributed by atoms with Crippen LogP contribution in [0.1, 0.15) is 19.8 Å². The van der Waals surface area contributed by atoms with Crippen LogP contribution in [0.15, 0.2) is 0 Å². The monoisotopic (exact) mass is 202 g/mol. The molecule has 13 heavy (non-hydrogen) atoms. The fraction of sp³-hybridized carbons (Fsp3) is 0.889. The van der Waals surface area contributed by atoms with E-state index in [4.69, 9.17) is 5.73 Å². The molecule has 1 aliphatic heterocycles. The predicted octanol–water partition coefficient (Wildman–Crippen LogP) is 0.688. The zero-order valence-corrected chi connectivity index (χ0v) is 9.14. The van der Waals surface area contributed by atoms with E-state index in [-0.39, 0.29) is 11.9 Å². The number of nitrogens with two attached hydrogens (primary N) is 1. The third-order valence-electron chi connectivity index (χ3n) is 2.41. The number of piperidine rings is 1. The van der Waals surface area contributed by atoms with Gasteiger partial charge in [-0.15, -0.1) is 0 Å². The van der Waals surface area contributed by atoms with Crippen LogP contribution in [0.2, 0.25) is 0 Å². The van der Waals surface area contributed by atoms with Crippen molar-refractivity contribution in [3.63, 3.8) is 0 Å². The fourth-order valence-corrected chi connectivity index (χ4v) is 2.35. The Kier molecular flexibility index (Phi) is 4.06. The summed E-state index contributed by atoms with van der Waals surface area (Å²) in [6.45, 7) is 3.52. The van der Waals surface area contributed by atoms with Crippen LogP contribution >= 0.6 is 11.8 Å². The molecule has 2 atom stereocenters. The first kappa shape index (κ1) is 10.9. The van der Waals surface area contributed by atoms with Crippen molar-refractivity contribution in [1.29, 1.82) is 0 Å². The van der Waals surface area contributed by atoms with Gasteiger partial charge >= 0.3 is 0 Å². The van der Waals surface area contributed by atoms with Crippen molar-refractivity contribution in [2.24, 2.45) is 5.73 Å². The minimum atomic E-state index is -0.347. The van der Waals surface area contributed by atoms with Crippen molar-refractivity contribution in [2.75, 3.05) is 19.3 Å². The first-order valence-corrected chi connectivity index (χ1v) is 6.01. The lowest BCUT2D eigenvalue weighted by Gasteiger charge is -2.32. The molecule has 0 radical (unpaired) electrons. The summed E-state index contributed by atoms with van der Waals surface area (Å²) in [6, 6.07) is -0.347. The van der Waals surface area contributed by atoms with Crippen molar-refractivity contribution >= 4 is 17.7 Å². The third-order valence-corrected chi connectivity index (χ3v) is 3.46. The van der Waals surface area contributed by atoms with Crippen molar-refractivity contribution in [3.8, 4) is 0 Å². The number of hydrogen-bond acceptors (Lipinski definition) is 3. The third kappa shape index (κ3) is 2.88. The summed E-state index contributed by atoms with van der Waals surface area (Å²) in [5.74, 6) is 0.0961. The molecule has 1 unspecified atom stereocenters. The number of carbonyl (C=O) groups excluding carboxylic acids is 1. The average Bonchev–Trinajstić information content (AvgIpc) is 2.16. The summed E-state index contributed by atoms with van der Waals surface area (Å²) in [7, 11) is 0. The van der Waals surface area contributed by atoms with Gasteiger partial charge in [-0.1, -0.05) is 0 Å². The molecule has 76 valence electrons. The standard InChI is InChI=1S/C9H18N2OS/c1-7(10)9(12)11-5-3-4-8(6-11)13-2/h7-8H,3-6,10H2,1-2H3/t7-,8?/m0/s1. The molecule has 1 amide bonds. The summed E-state index contributed by atoms with van der Waals surface area (Å²) in [4.78, 5) is 13.4. The zero-order valence-electron chi connectivity index (χ0n) is 8.32. The van der Waals surface area contributed by atoms with E-state index < -0.39 is 0 Å². The first-order valence-electron chi connectivity index (χ1n) is 4.72. The lowest BCUT2D eigenvalue weighted by molar-refractivity contribution is -0.132. The summed E-state index contributed by atoms with van der Waals surface area (Å²) in [6.07, 6.45) is 4.44. The number of nitrogens with zero attached hydrogens (tertiary/aromatic N) is 1. The fourth-order valence-electron chi connectivity index (χ4n) is 1.62. The molecule has 0 bridgehead atoms. The summed E-state index contributed by atoms with van der Waals surface area (Å²) in [5.41, 5.74) is 5.56. The van der Waals surface area contributed by atoms with E-state index in [1.165, 1.54) is 6.42 Å². The number of likely N-dealkylation sites (tertiary alicyclic amines) is 1. The Morgan fingerprint density at radius 2 is 2.38 bits per heavy atom. The van der Waals surface area contributed by atoms with E-state index >= 15 is 0 Å². The van der Waals surface area contributed by atoms with Crippen molar-refractivity contribution in [3.05, 3.63) is 0 Å². The predicted molar refractivity (Wildman–Crippen MR) is 56.8 cm³/mol. The first-order chi connectivity index (χ1) is 6.15. The lowest BCUT2D eigenvalue weighted by Crippen LogP contribution is -2.47. The maximum atomic E-state index is 11.6. The molecular weight excluding hydrogens is 184 g/mol. The van der Waals surface area contributed by atoms with Gasteiger partial charge in [-0.25, -0.2) is 0 Å². The highest BCUT2D eigenvalue weighted by molar-refractivity contribution is 7.99. The molecule has 1 rings (SSSR count). The molecule has 1 fully saturated rings. The quantitative estimate of drug-likeness (QED) is 0.716. The van der Waals surface area contributed by atoms with Gasteiger partial charge in [-0.2, -0.15) is 11.8 Å². The van der Waals surface area contributed by atoms with Crippen LogP contribution in [0.5, 0.6) is 0 Å². The number of rotatable bonds is 2. The van der Waals surface area contributed by atoms with Gasteiger partial charge in [0.05, 0.1) is 6.04 Å². The van der Waals surface area contributed by atoms with Crippen LogP contribution in [0.25, 0.3) is 0 Å². The second-order valence-electron chi connectivity index (χ2n) is 3.57. The van der Waals surface area contributed by atoms with E-state index in [9.17, 15) is 4.79 Å². The molecule has 0 aliphatic carbocycles. The molecule has 0 saturated carbocycles. The molecule has 4 heteroatoms. The van der Waals surface area contributed by atoms with Gasteiger partial charge in [0.15, 0.2) is 0 Å². The molecule has 3 nitrogen and oxygen atoms in total. The Labute approximate surface area is 84.0 Å². The average molecular weight is 202 g/mol. The Hall–Kier alpha value is -0.220. The maximum absolute atomic E-state index is 11.6.